The summed E-state index contributed by atoms with van der Waals surface area (Å²) in [5.74, 6) is 0. The summed E-state index contributed by atoms with van der Waals surface area (Å²) >= 11 is 14.8. The van der Waals surface area contributed by atoms with E-state index in [1.165, 1.54) is 64.6 Å². The summed E-state index contributed by atoms with van der Waals surface area (Å²) in [6, 6.07) is 27.3. The van der Waals surface area contributed by atoms with E-state index in [4.69, 9.17) is 46.5 Å². The van der Waals surface area contributed by atoms with Crippen LogP contribution in [0.3, 0.4) is 0 Å². The topological polar surface area (TPSA) is 27.7 Å². The smallest absolute Gasteiger partial charge is 0.376 e. The summed E-state index contributed by atoms with van der Waals surface area (Å²) in [6.07, 6.45) is 0. The van der Waals surface area contributed by atoms with Gasteiger partial charge in [-0.05, 0) is 85.4 Å². The monoisotopic (exact) mass is 598 g/mol. The molecular weight excluding hydrogens is 571 g/mol. The van der Waals surface area contributed by atoms with Crippen molar-refractivity contribution in [3.05, 3.63) is 72.8 Å². The zero-order valence-corrected chi connectivity index (χ0v) is 26.1. The molecule has 0 saturated carbocycles. The fourth-order valence-corrected chi connectivity index (χ4v) is 6.55. The minimum atomic E-state index is -1.73. The van der Waals surface area contributed by atoms with Crippen LogP contribution >= 0.6 is 33.2 Å². The Hall–Kier alpha value is -1.94. The molecule has 0 bridgehead atoms. The maximum atomic E-state index is 5.22. The normalized spacial score (nSPS) is 12.0. The third-order valence-electron chi connectivity index (χ3n) is 6.79. The summed E-state index contributed by atoms with van der Waals surface area (Å²) in [6.45, 7) is 6.14. The third kappa shape index (κ3) is 5.15. The van der Waals surface area contributed by atoms with Crippen molar-refractivity contribution in [3.63, 3.8) is 0 Å². The molecule has 0 aliphatic heterocycles. The lowest BCUT2D eigenvalue weighted by atomic mass is 9.83. The van der Waals surface area contributed by atoms with Crippen molar-refractivity contribution in [1.82, 2.24) is 0 Å². The van der Waals surface area contributed by atoms with Crippen LogP contribution in [0.25, 0.3) is 64.6 Å². The maximum absolute atomic E-state index is 5.22. The van der Waals surface area contributed by atoms with E-state index < -0.39 is 16.3 Å². The van der Waals surface area contributed by atoms with E-state index in [2.05, 4.69) is 72.8 Å². The van der Waals surface area contributed by atoms with Gasteiger partial charge in [0.15, 0.2) is 0 Å². The van der Waals surface area contributed by atoms with Gasteiger partial charge in [0, 0.05) is 19.8 Å². The molecule has 0 radical (unpaired) electrons. The molecule has 0 unspecified atom stereocenters. The van der Waals surface area contributed by atoms with E-state index in [1.54, 1.807) is 0 Å². The fraction of sp³-hybridized carbons (Fsp3) is 0.200. The molecule has 0 amide bonds. The molecule has 38 heavy (non-hydrogen) atoms. The summed E-state index contributed by atoms with van der Waals surface area (Å²) in [4.78, 5) is 0. The highest BCUT2D eigenvalue weighted by molar-refractivity contribution is 7.54. The predicted molar refractivity (Wildman–Crippen MR) is 172 cm³/mol. The first-order valence-electron chi connectivity index (χ1n) is 12.8. The molecule has 0 spiro atoms. The van der Waals surface area contributed by atoms with Gasteiger partial charge < -0.3 is 13.3 Å². The van der Waals surface area contributed by atoms with Gasteiger partial charge in [-0.3, -0.25) is 0 Å². The van der Waals surface area contributed by atoms with Crippen LogP contribution in [0, 0.1) is 0 Å². The molecule has 0 N–H and O–H groups in total. The predicted octanol–water partition coefficient (Wildman–Crippen LogP) is 9.15. The van der Waals surface area contributed by atoms with E-state index in [9.17, 15) is 0 Å². The SMILES string of the molecule is CCO[SiH](OCC)OCC.Cl[SiH](Cl)Cl.c1cc2ccc3ccc4ccc5ccc6ccc1c1c2c3c4c5c61. The zero-order valence-electron chi connectivity index (χ0n) is 21.6. The lowest BCUT2D eigenvalue weighted by molar-refractivity contribution is 0.107. The third-order valence-corrected chi connectivity index (χ3v) is 8.61. The lowest BCUT2D eigenvalue weighted by Gasteiger charge is -2.20. The second-order valence-corrected chi connectivity index (χ2v) is 16.9. The van der Waals surface area contributed by atoms with Crippen molar-refractivity contribution in [3.8, 4) is 0 Å². The van der Waals surface area contributed by atoms with Gasteiger partial charge in [0.25, 0.3) is 0 Å². The Labute approximate surface area is 239 Å². The van der Waals surface area contributed by atoms with Gasteiger partial charge >= 0.3 is 16.3 Å². The van der Waals surface area contributed by atoms with Gasteiger partial charge in [-0.15, -0.1) is 33.2 Å². The van der Waals surface area contributed by atoms with Gasteiger partial charge in [-0.1, -0.05) is 72.8 Å². The van der Waals surface area contributed by atoms with E-state index in [0.717, 1.165) is 0 Å². The lowest BCUT2D eigenvalue weighted by Crippen LogP contribution is -2.27. The van der Waals surface area contributed by atoms with E-state index in [0.29, 0.717) is 19.8 Å². The molecule has 3 nitrogen and oxygen atoms in total. The molecule has 7 rings (SSSR count). The molecule has 0 heterocycles. The second-order valence-electron chi connectivity index (χ2n) is 8.88. The number of halogens is 3. The van der Waals surface area contributed by atoms with Crippen LogP contribution in [0.4, 0.5) is 0 Å². The highest BCUT2D eigenvalue weighted by Gasteiger charge is 2.19. The zero-order chi connectivity index (χ0) is 26.8. The summed E-state index contributed by atoms with van der Waals surface area (Å²) in [7, 11) is -1.73. The Morgan fingerprint density at radius 2 is 0.579 bits per heavy atom. The molecule has 8 heteroatoms. The Kier molecular flexibility index (Phi) is 8.77. The van der Waals surface area contributed by atoms with Crippen molar-refractivity contribution >= 4 is 114 Å². The summed E-state index contributed by atoms with van der Waals surface area (Å²) in [5.41, 5.74) is 0. The Balaban J connectivity index is 0.000000179. The molecule has 7 aromatic rings. The van der Waals surface area contributed by atoms with Crippen LogP contribution in [-0.2, 0) is 13.3 Å². The largest absolute Gasteiger partial charge is 0.484 e. The molecule has 0 saturated heterocycles. The van der Waals surface area contributed by atoms with Crippen molar-refractivity contribution in [2.75, 3.05) is 19.8 Å². The van der Waals surface area contributed by atoms with Gasteiger partial charge in [0.1, 0.15) is 0 Å². The van der Waals surface area contributed by atoms with Crippen LogP contribution in [0.1, 0.15) is 20.8 Å². The quantitative estimate of drug-likeness (QED) is 0.0825. The first-order chi connectivity index (χ1) is 18.5. The molecule has 0 aliphatic carbocycles. The second kappa shape index (κ2) is 12.1. The van der Waals surface area contributed by atoms with Gasteiger partial charge in [-0.25, -0.2) is 0 Å². The standard InChI is InChI=1S/C24H12.C6H16O3Si.Cl3HSi/c1-2-14-5-6-16-9-11-18-12-10-17-8-7-15-4-3-13(1)19-20(14)22(16)24(18)23(17)21(15)19;1-4-7-10(8-5-2)9-6-3;1-4(2)3/h1-12H;10H,4-6H2,1-3H3;4H. The average Bonchev–Trinajstić information content (AvgIpc) is 2.92. The Morgan fingerprint density at radius 1 is 0.421 bits per heavy atom. The van der Waals surface area contributed by atoms with Crippen LogP contribution in [-0.4, -0.2) is 36.1 Å². The number of hydrogen-bond acceptors (Lipinski definition) is 3. The average molecular weight is 600 g/mol. The van der Waals surface area contributed by atoms with Gasteiger partial charge in [-0.2, -0.15) is 0 Å². The molecule has 196 valence electrons. The molecular formula is C30H29Cl3O3Si2. The summed E-state index contributed by atoms with van der Waals surface area (Å²) in [5, 5.41) is 16.7. The van der Waals surface area contributed by atoms with Crippen molar-refractivity contribution in [2.24, 2.45) is 0 Å². The molecule has 0 aliphatic rings. The van der Waals surface area contributed by atoms with Crippen LogP contribution in [0.15, 0.2) is 72.8 Å². The van der Waals surface area contributed by atoms with E-state index >= 15 is 0 Å². The number of benzene rings is 7. The Morgan fingerprint density at radius 3 is 0.711 bits per heavy atom. The van der Waals surface area contributed by atoms with Crippen molar-refractivity contribution in [2.45, 2.75) is 20.8 Å². The molecule has 0 fully saturated rings. The van der Waals surface area contributed by atoms with Gasteiger partial charge in [0.05, 0.1) is 0 Å². The van der Waals surface area contributed by atoms with E-state index in [-0.39, 0.29) is 0 Å². The van der Waals surface area contributed by atoms with Gasteiger partial charge in [0.2, 0.25) is 0 Å². The van der Waals surface area contributed by atoms with Crippen LogP contribution < -0.4 is 0 Å². The highest BCUT2D eigenvalue weighted by atomic mass is 35.8. The fourth-order valence-electron chi connectivity index (χ4n) is 5.45. The molecule has 0 atom stereocenters. The first kappa shape index (κ1) is 27.6. The van der Waals surface area contributed by atoms with Crippen LogP contribution in [0.5, 0.6) is 0 Å². The molecule has 7 aromatic carbocycles. The maximum Gasteiger partial charge on any atom is 0.484 e. The van der Waals surface area contributed by atoms with E-state index in [1.807, 2.05) is 20.8 Å². The minimum absolute atomic E-state index is 0.677. The number of hydrogen-bond donors (Lipinski definition) is 0. The minimum Gasteiger partial charge on any atom is -0.376 e. The summed E-state index contributed by atoms with van der Waals surface area (Å²) < 4.78 is 15.7. The molecule has 0 aromatic heterocycles. The highest BCUT2D eigenvalue weighted by Crippen LogP contribution is 2.47. The van der Waals surface area contributed by atoms with Crippen molar-refractivity contribution < 1.29 is 13.3 Å². The number of rotatable bonds is 6. The Bertz CT molecular complexity index is 1360. The van der Waals surface area contributed by atoms with Crippen molar-refractivity contribution in [1.29, 1.82) is 0 Å². The first-order valence-corrected chi connectivity index (χ1v) is 19.5. The van der Waals surface area contributed by atoms with Crippen LogP contribution in [0.2, 0.25) is 0 Å².